The van der Waals surface area contributed by atoms with Gasteiger partial charge < -0.3 is 14.5 Å². The largest absolute Gasteiger partial charge is 0.328 e. The quantitative estimate of drug-likeness (QED) is 0.589. The summed E-state index contributed by atoms with van der Waals surface area (Å²) in [5, 5.41) is 4.82. The molecule has 0 spiro atoms. The molecular weight excluding hydrogens is 366 g/mol. The molecule has 0 saturated carbocycles. The number of nitrogens with zero attached hydrogens (tertiary/aromatic N) is 4. The van der Waals surface area contributed by atoms with E-state index >= 15 is 0 Å². The summed E-state index contributed by atoms with van der Waals surface area (Å²) in [5.41, 5.74) is 3.72. The van der Waals surface area contributed by atoms with E-state index in [0.29, 0.717) is 13.1 Å². The van der Waals surface area contributed by atoms with Crippen LogP contribution in [-0.2, 0) is 13.1 Å². The van der Waals surface area contributed by atoms with Crippen molar-refractivity contribution in [2.45, 2.75) is 20.0 Å². The molecule has 1 aliphatic rings. The Bertz CT molecular complexity index is 1270. The number of amides is 1. The Labute approximate surface area is 166 Å². The number of aryl methyl sites for hydroxylation is 1. The number of nitrogens with one attached hydrogen (secondary N) is 1. The third-order valence-electron chi connectivity index (χ3n) is 5.16. The first-order valence-corrected chi connectivity index (χ1v) is 9.40. The lowest BCUT2D eigenvalue weighted by Crippen LogP contribution is -2.31. The SMILES string of the molecule is Cc1cccc(-n2nc3c(c2-n2cccc2)CN(C(=O)c2ccc[nH]c2=O)C3)c1. The molecule has 1 aliphatic heterocycles. The van der Waals surface area contributed by atoms with E-state index in [2.05, 4.69) is 11.1 Å². The Morgan fingerprint density at radius 2 is 1.90 bits per heavy atom. The van der Waals surface area contributed by atoms with Crippen molar-refractivity contribution in [1.29, 1.82) is 0 Å². The highest BCUT2D eigenvalue weighted by Crippen LogP contribution is 2.31. The van der Waals surface area contributed by atoms with Crippen LogP contribution in [0.2, 0.25) is 0 Å². The lowest BCUT2D eigenvalue weighted by Gasteiger charge is -2.17. The standard InChI is InChI=1S/C22H19N5O2/c1-15-6-4-7-16(12-15)27-21(25-10-2-3-11-25)18-13-26(14-19(18)24-27)22(29)17-8-5-9-23-20(17)28/h2-12H,13-14H2,1H3,(H,23,28). The summed E-state index contributed by atoms with van der Waals surface area (Å²) in [7, 11) is 0. The van der Waals surface area contributed by atoms with Gasteiger partial charge in [-0.1, -0.05) is 12.1 Å². The summed E-state index contributed by atoms with van der Waals surface area (Å²) < 4.78 is 3.94. The summed E-state index contributed by atoms with van der Waals surface area (Å²) in [5.74, 6) is 0.623. The molecule has 1 aromatic carbocycles. The third kappa shape index (κ3) is 2.87. The number of aromatic amines is 1. The van der Waals surface area contributed by atoms with Gasteiger partial charge in [-0.3, -0.25) is 9.59 Å². The molecule has 0 aliphatic carbocycles. The zero-order chi connectivity index (χ0) is 20.0. The van der Waals surface area contributed by atoms with Crippen LogP contribution in [0.5, 0.6) is 0 Å². The fourth-order valence-corrected chi connectivity index (χ4v) is 3.79. The van der Waals surface area contributed by atoms with E-state index in [9.17, 15) is 9.59 Å². The van der Waals surface area contributed by atoms with Crippen LogP contribution in [0.25, 0.3) is 11.5 Å². The number of carbonyl (C=O) groups is 1. The molecule has 0 bridgehead atoms. The highest BCUT2D eigenvalue weighted by Gasteiger charge is 2.32. The fourth-order valence-electron chi connectivity index (χ4n) is 3.79. The molecule has 0 saturated heterocycles. The van der Waals surface area contributed by atoms with Crippen molar-refractivity contribution in [3.05, 3.63) is 99.9 Å². The second kappa shape index (κ2) is 6.63. The van der Waals surface area contributed by atoms with Gasteiger partial charge in [-0.2, -0.15) is 5.10 Å². The van der Waals surface area contributed by atoms with Gasteiger partial charge in [0, 0.05) is 24.2 Å². The molecule has 0 fully saturated rings. The van der Waals surface area contributed by atoms with Gasteiger partial charge >= 0.3 is 0 Å². The van der Waals surface area contributed by atoms with Crippen LogP contribution < -0.4 is 5.56 Å². The summed E-state index contributed by atoms with van der Waals surface area (Å²) in [4.78, 5) is 29.1. The molecule has 7 heteroatoms. The van der Waals surface area contributed by atoms with Crippen molar-refractivity contribution in [3.8, 4) is 11.5 Å². The predicted molar refractivity (Wildman–Crippen MR) is 108 cm³/mol. The van der Waals surface area contributed by atoms with Gasteiger partial charge in [0.15, 0.2) is 0 Å². The molecule has 29 heavy (non-hydrogen) atoms. The van der Waals surface area contributed by atoms with Crippen molar-refractivity contribution in [2.75, 3.05) is 0 Å². The Morgan fingerprint density at radius 1 is 1.07 bits per heavy atom. The first-order chi connectivity index (χ1) is 14.1. The van der Waals surface area contributed by atoms with Gasteiger partial charge in [0.05, 0.1) is 24.5 Å². The maximum Gasteiger partial charge on any atom is 0.260 e. The topological polar surface area (TPSA) is 75.9 Å². The highest BCUT2D eigenvalue weighted by molar-refractivity contribution is 5.94. The number of hydrogen-bond acceptors (Lipinski definition) is 3. The normalized spacial score (nSPS) is 12.9. The molecule has 1 amide bonds. The molecule has 1 N–H and O–H groups in total. The number of aromatic nitrogens is 4. The lowest BCUT2D eigenvalue weighted by molar-refractivity contribution is 0.0747. The molecule has 0 unspecified atom stereocenters. The second-order valence-electron chi connectivity index (χ2n) is 7.16. The van der Waals surface area contributed by atoms with E-state index in [1.54, 1.807) is 17.0 Å². The zero-order valence-electron chi connectivity index (χ0n) is 15.9. The molecule has 5 rings (SSSR count). The van der Waals surface area contributed by atoms with Crippen molar-refractivity contribution in [3.63, 3.8) is 0 Å². The van der Waals surface area contributed by atoms with Crippen LogP contribution in [0.4, 0.5) is 0 Å². The van der Waals surface area contributed by atoms with Crippen LogP contribution in [0, 0.1) is 6.92 Å². The molecule has 0 atom stereocenters. The van der Waals surface area contributed by atoms with E-state index < -0.39 is 0 Å². The van der Waals surface area contributed by atoms with E-state index in [1.165, 1.54) is 6.20 Å². The van der Waals surface area contributed by atoms with Crippen molar-refractivity contribution >= 4 is 5.91 Å². The Morgan fingerprint density at radius 3 is 2.66 bits per heavy atom. The van der Waals surface area contributed by atoms with Gasteiger partial charge in [-0.25, -0.2) is 4.68 Å². The molecule has 7 nitrogen and oxygen atoms in total. The average molecular weight is 385 g/mol. The van der Waals surface area contributed by atoms with E-state index in [0.717, 1.165) is 28.3 Å². The van der Waals surface area contributed by atoms with Gasteiger partial charge in [-0.05, 0) is 48.9 Å². The number of hydrogen-bond donors (Lipinski definition) is 1. The van der Waals surface area contributed by atoms with Crippen molar-refractivity contribution < 1.29 is 4.79 Å². The van der Waals surface area contributed by atoms with E-state index in [1.807, 2.05) is 58.9 Å². The van der Waals surface area contributed by atoms with Crippen molar-refractivity contribution in [1.82, 2.24) is 24.2 Å². The minimum atomic E-state index is -0.377. The Kier molecular flexibility index (Phi) is 3.94. The summed E-state index contributed by atoms with van der Waals surface area (Å²) in [6, 6.07) is 15.3. The summed E-state index contributed by atoms with van der Waals surface area (Å²) >= 11 is 0. The van der Waals surface area contributed by atoms with Gasteiger partial charge in [-0.15, -0.1) is 0 Å². The number of carbonyl (C=O) groups excluding carboxylic acids is 1. The Balaban J connectivity index is 1.57. The molecule has 4 aromatic rings. The first-order valence-electron chi connectivity index (χ1n) is 9.40. The Hall–Kier alpha value is -3.87. The van der Waals surface area contributed by atoms with Gasteiger partial charge in [0.1, 0.15) is 11.4 Å². The van der Waals surface area contributed by atoms with Crippen LogP contribution in [-0.4, -0.2) is 30.1 Å². The lowest BCUT2D eigenvalue weighted by atomic mass is 10.2. The van der Waals surface area contributed by atoms with E-state index in [-0.39, 0.29) is 17.0 Å². The minimum absolute atomic E-state index is 0.145. The van der Waals surface area contributed by atoms with Gasteiger partial charge in [0.25, 0.3) is 11.5 Å². The second-order valence-corrected chi connectivity index (χ2v) is 7.16. The molecule has 144 valence electrons. The smallest absolute Gasteiger partial charge is 0.260 e. The number of pyridine rings is 1. The van der Waals surface area contributed by atoms with E-state index in [4.69, 9.17) is 5.10 Å². The molecule has 0 radical (unpaired) electrons. The molecule has 3 aromatic heterocycles. The zero-order valence-corrected chi connectivity index (χ0v) is 15.9. The number of fused-ring (bicyclic) bond motifs is 1. The fraction of sp³-hybridized carbons (Fsp3) is 0.136. The number of benzene rings is 1. The van der Waals surface area contributed by atoms with Crippen LogP contribution in [0.3, 0.4) is 0 Å². The van der Waals surface area contributed by atoms with Crippen LogP contribution in [0.1, 0.15) is 27.2 Å². The molecule has 4 heterocycles. The average Bonchev–Trinajstić information content (AvgIpc) is 3.43. The minimum Gasteiger partial charge on any atom is -0.328 e. The molecular formula is C22H19N5O2. The summed E-state index contributed by atoms with van der Waals surface area (Å²) in [6.07, 6.45) is 5.46. The highest BCUT2D eigenvalue weighted by atomic mass is 16.2. The van der Waals surface area contributed by atoms with Crippen LogP contribution >= 0.6 is 0 Å². The number of H-pyrrole nitrogens is 1. The van der Waals surface area contributed by atoms with Crippen molar-refractivity contribution in [2.24, 2.45) is 0 Å². The first kappa shape index (κ1) is 17.2. The third-order valence-corrected chi connectivity index (χ3v) is 5.16. The predicted octanol–water partition coefficient (Wildman–Crippen LogP) is 2.82. The monoisotopic (exact) mass is 385 g/mol. The maximum absolute atomic E-state index is 12.9. The number of rotatable bonds is 3. The van der Waals surface area contributed by atoms with Crippen LogP contribution in [0.15, 0.2) is 71.9 Å². The maximum atomic E-state index is 12.9. The summed E-state index contributed by atoms with van der Waals surface area (Å²) in [6.45, 7) is 2.82. The van der Waals surface area contributed by atoms with Gasteiger partial charge in [0.2, 0.25) is 0 Å².